The highest BCUT2D eigenvalue weighted by atomic mass is 35.5. The molecule has 0 radical (unpaired) electrons. The molecule has 0 spiro atoms. The van der Waals surface area contributed by atoms with Gasteiger partial charge >= 0.3 is 0 Å². The zero-order valence-corrected chi connectivity index (χ0v) is 16.1. The second-order valence-electron chi connectivity index (χ2n) is 7.53. The first-order chi connectivity index (χ1) is 11.0. The molecule has 1 atom stereocenters. The Balaban J connectivity index is 0.00000169. The second kappa shape index (κ2) is 6.32. The van der Waals surface area contributed by atoms with Crippen LogP contribution in [0.4, 0.5) is 0 Å². The van der Waals surface area contributed by atoms with Crippen molar-refractivity contribution in [1.82, 2.24) is 10.2 Å². The summed E-state index contributed by atoms with van der Waals surface area (Å²) < 4.78 is 1.23. The summed E-state index contributed by atoms with van der Waals surface area (Å²) in [6, 6.07) is 8.55. The van der Waals surface area contributed by atoms with Crippen LogP contribution >= 0.6 is 23.7 Å². The van der Waals surface area contributed by atoms with Crippen molar-refractivity contribution in [2.75, 3.05) is 13.1 Å². The summed E-state index contributed by atoms with van der Waals surface area (Å²) in [6.45, 7) is 9.01. The molecule has 5 heteroatoms. The molecule has 2 aromatic rings. The molecule has 1 amide bonds. The van der Waals surface area contributed by atoms with Gasteiger partial charge in [0.15, 0.2) is 0 Å². The third kappa shape index (κ3) is 2.75. The van der Waals surface area contributed by atoms with E-state index in [9.17, 15) is 4.79 Å². The molecule has 1 N–H and O–H groups in total. The lowest BCUT2D eigenvalue weighted by Crippen LogP contribution is -2.69. The van der Waals surface area contributed by atoms with E-state index in [1.54, 1.807) is 11.3 Å². The van der Waals surface area contributed by atoms with Gasteiger partial charge in [-0.2, -0.15) is 0 Å². The van der Waals surface area contributed by atoms with E-state index in [0.717, 1.165) is 4.88 Å². The van der Waals surface area contributed by atoms with Gasteiger partial charge in [-0.3, -0.25) is 9.69 Å². The van der Waals surface area contributed by atoms with Crippen LogP contribution in [-0.2, 0) is 0 Å². The average molecular weight is 365 g/mol. The number of fused-ring (bicyclic) bond motifs is 4. The molecular formula is C19H25ClN2OS. The average Bonchev–Trinajstić information content (AvgIpc) is 2.97. The van der Waals surface area contributed by atoms with Gasteiger partial charge in [0, 0.05) is 16.3 Å². The van der Waals surface area contributed by atoms with E-state index < -0.39 is 0 Å². The quantitative estimate of drug-likeness (QED) is 0.864. The third-order valence-electron chi connectivity index (χ3n) is 5.84. The number of amides is 1. The first-order valence-electron chi connectivity index (χ1n) is 8.52. The number of nitrogens with one attached hydrogen (secondary N) is 1. The van der Waals surface area contributed by atoms with Crippen LogP contribution in [0.2, 0.25) is 0 Å². The standard InChI is InChI=1S/C19H24N2OS.ClH/c1-12-5-4-6-14-11-15(23-16(12)14)18(22)20-17-13-7-9-21(10-8-13)19(17,2)3;/h4-6,11,13,17H,7-10H2,1-3H3,(H,20,22);1H. The number of nitrogens with zero attached hydrogens (tertiary/aromatic N) is 1. The van der Waals surface area contributed by atoms with Crippen molar-refractivity contribution in [3.8, 4) is 0 Å². The largest absolute Gasteiger partial charge is 0.346 e. The molecule has 3 nitrogen and oxygen atoms in total. The van der Waals surface area contributed by atoms with E-state index in [1.165, 1.54) is 41.6 Å². The predicted octanol–water partition coefficient (Wildman–Crippen LogP) is 4.23. The molecule has 0 aliphatic carbocycles. The van der Waals surface area contributed by atoms with E-state index in [4.69, 9.17) is 0 Å². The van der Waals surface area contributed by atoms with Crippen molar-refractivity contribution in [1.29, 1.82) is 0 Å². The minimum absolute atomic E-state index is 0. The summed E-state index contributed by atoms with van der Waals surface area (Å²) >= 11 is 1.62. The van der Waals surface area contributed by atoms with Gasteiger partial charge in [0.05, 0.1) is 4.88 Å². The van der Waals surface area contributed by atoms with Crippen molar-refractivity contribution >= 4 is 39.7 Å². The Morgan fingerprint density at radius 1 is 1.29 bits per heavy atom. The number of carbonyl (C=O) groups is 1. The molecular weight excluding hydrogens is 340 g/mol. The van der Waals surface area contributed by atoms with Gasteiger partial charge in [-0.1, -0.05) is 18.2 Å². The Kier molecular flexibility index (Phi) is 4.67. The van der Waals surface area contributed by atoms with E-state index >= 15 is 0 Å². The molecule has 3 fully saturated rings. The minimum Gasteiger partial charge on any atom is -0.346 e. The lowest BCUT2D eigenvalue weighted by Gasteiger charge is -2.56. The summed E-state index contributed by atoms with van der Waals surface area (Å²) in [7, 11) is 0. The third-order valence-corrected chi connectivity index (χ3v) is 7.12. The second-order valence-corrected chi connectivity index (χ2v) is 8.59. The zero-order chi connectivity index (χ0) is 16.2. The SMILES string of the molecule is Cc1cccc2cc(C(=O)NC3C4CCN(CC4)C3(C)C)sc12.Cl. The van der Waals surface area contributed by atoms with Gasteiger partial charge < -0.3 is 5.32 Å². The highest BCUT2D eigenvalue weighted by molar-refractivity contribution is 7.21. The van der Waals surface area contributed by atoms with Crippen molar-refractivity contribution in [2.24, 2.45) is 5.92 Å². The maximum absolute atomic E-state index is 12.8. The number of hydrogen-bond donors (Lipinski definition) is 1. The Morgan fingerprint density at radius 2 is 2.00 bits per heavy atom. The monoisotopic (exact) mass is 364 g/mol. The lowest BCUT2D eigenvalue weighted by atomic mass is 9.72. The van der Waals surface area contributed by atoms with Crippen LogP contribution in [0.5, 0.6) is 0 Å². The maximum atomic E-state index is 12.8. The number of piperidine rings is 3. The number of carbonyl (C=O) groups excluding carboxylic acids is 1. The Bertz CT molecular complexity index is 762. The number of thiophene rings is 1. The highest BCUT2D eigenvalue weighted by Crippen LogP contribution is 2.39. The number of hydrogen-bond acceptors (Lipinski definition) is 3. The first kappa shape index (κ1) is 17.7. The molecule has 4 heterocycles. The van der Waals surface area contributed by atoms with E-state index in [1.807, 2.05) is 6.07 Å². The zero-order valence-electron chi connectivity index (χ0n) is 14.5. The van der Waals surface area contributed by atoms with Crippen LogP contribution in [0.3, 0.4) is 0 Å². The fourth-order valence-corrected chi connectivity index (χ4v) is 5.44. The van der Waals surface area contributed by atoms with Crippen LogP contribution in [0.25, 0.3) is 10.1 Å². The normalized spacial score (nSPS) is 27.7. The minimum atomic E-state index is 0. The Labute approximate surface area is 153 Å². The number of rotatable bonds is 2. The van der Waals surface area contributed by atoms with Crippen LogP contribution in [0.1, 0.15) is 41.9 Å². The number of benzene rings is 1. The Morgan fingerprint density at radius 3 is 2.62 bits per heavy atom. The van der Waals surface area contributed by atoms with E-state index in [0.29, 0.717) is 5.92 Å². The summed E-state index contributed by atoms with van der Waals surface area (Å²) in [4.78, 5) is 16.2. The van der Waals surface area contributed by atoms with E-state index in [-0.39, 0.29) is 29.9 Å². The highest BCUT2D eigenvalue weighted by Gasteiger charge is 2.48. The summed E-state index contributed by atoms with van der Waals surface area (Å²) in [5.74, 6) is 0.715. The van der Waals surface area contributed by atoms with Gasteiger partial charge in [-0.25, -0.2) is 0 Å². The van der Waals surface area contributed by atoms with Gasteiger partial charge in [0.1, 0.15) is 0 Å². The molecule has 3 aliphatic rings. The van der Waals surface area contributed by atoms with Crippen molar-refractivity contribution < 1.29 is 4.79 Å². The maximum Gasteiger partial charge on any atom is 0.261 e. The summed E-state index contributed by atoms with van der Waals surface area (Å²) in [5, 5.41) is 4.54. The van der Waals surface area contributed by atoms with Crippen LogP contribution in [0, 0.1) is 12.8 Å². The molecule has 3 saturated heterocycles. The summed E-state index contributed by atoms with van der Waals surface area (Å²) in [6.07, 6.45) is 2.42. The topological polar surface area (TPSA) is 32.3 Å². The fourth-order valence-electron chi connectivity index (χ4n) is 4.41. The van der Waals surface area contributed by atoms with Crippen molar-refractivity contribution in [2.45, 2.75) is 45.2 Å². The van der Waals surface area contributed by atoms with E-state index in [2.05, 4.69) is 49.2 Å². The lowest BCUT2D eigenvalue weighted by molar-refractivity contribution is -0.0377. The molecule has 130 valence electrons. The van der Waals surface area contributed by atoms with Crippen molar-refractivity contribution in [3.63, 3.8) is 0 Å². The summed E-state index contributed by atoms with van der Waals surface area (Å²) in [5.41, 5.74) is 1.30. The molecule has 1 aromatic carbocycles. The van der Waals surface area contributed by atoms with Gasteiger partial charge in [-0.05, 0) is 69.6 Å². The van der Waals surface area contributed by atoms with Gasteiger partial charge in [0.25, 0.3) is 5.91 Å². The van der Waals surface area contributed by atoms with Crippen LogP contribution < -0.4 is 5.32 Å². The molecule has 0 saturated carbocycles. The molecule has 1 unspecified atom stereocenters. The van der Waals surface area contributed by atoms with Crippen molar-refractivity contribution in [3.05, 3.63) is 34.7 Å². The fraction of sp³-hybridized carbons (Fsp3) is 0.526. The van der Waals surface area contributed by atoms with Gasteiger partial charge in [-0.15, -0.1) is 23.7 Å². The number of halogens is 1. The molecule has 24 heavy (non-hydrogen) atoms. The molecule has 1 aromatic heterocycles. The molecule has 2 bridgehead atoms. The molecule has 5 rings (SSSR count). The number of aryl methyl sites for hydroxylation is 1. The smallest absolute Gasteiger partial charge is 0.261 e. The molecule has 3 aliphatic heterocycles. The predicted molar refractivity (Wildman–Crippen MR) is 103 cm³/mol. The van der Waals surface area contributed by atoms with Crippen LogP contribution in [0.15, 0.2) is 24.3 Å². The Hall–Kier alpha value is -1.10. The van der Waals surface area contributed by atoms with Crippen LogP contribution in [-0.4, -0.2) is 35.5 Å². The van der Waals surface area contributed by atoms with Gasteiger partial charge in [0.2, 0.25) is 0 Å². The first-order valence-corrected chi connectivity index (χ1v) is 9.33.